The Balaban J connectivity index is 1.61. The van der Waals surface area contributed by atoms with Crippen molar-refractivity contribution < 1.29 is 9.53 Å². The summed E-state index contributed by atoms with van der Waals surface area (Å²) in [5.41, 5.74) is 3.17. The van der Waals surface area contributed by atoms with E-state index in [9.17, 15) is 9.59 Å². The minimum Gasteiger partial charge on any atom is -0.497 e. The Bertz CT molecular complexity index is 1060. The Hall–Kier alpha value is -2.93. The van der Waals surface area contributed by atoms with Crippen LogP contribution in [-0.2, 0) is 11.3 Å². The average Bonchev–Trinajstić information content (AvgIpc) is 2.71. The van der Waals surface area contributed by atoms with Gasteiger partial charge in [0, 0.05) is 34.8 Å². The molecule has 0 fully saturated rings. The van der Waals surface area contributed by atoms with Crippen LogP contribution in [0.2, 0.25) is 0 Å². The summed E-state index contributed by atoms with van der Waals surface area (Å²) in [5, 5.41) is 7.34. The number of anilines is 1. The summed E-state index contributed by atoms with van der Waals surface area (Å²) in [4.78, 5) is 24.4. The van der Waals surface area contributed by atoms with Crippen LogP contribution in [0, 0.1) is 6.92 Å². The van der Waals surface area contributed by atoms with Crippen LogP contribution in [0.1, 0.15) is 18.4 Å². The molecule has 0 atom stereocenters. The van der Waals surface area contributed by atoms with Gasteiger partial charge in [0.2, 0.25) is 5.91 Å². The molecule has 1 heterocycles. The zero-order chi connectivity index (χ0) is 20.8. The van der Waals surface area contributed by atoms with Crippen LogP contribution in [0.4, 0.5) is 5.69 Å². The van der Waals surface area contributed by atoms with Gasteiger partial charge in [-0.25, -0.2) is 4.68 Å². The molecule has 2 aromatic carbocycles. The van der Waals surface area contributed by atoms with Crippen molar-refractivity contribution in [2.75, 3.05) is 12.4 Å². The summed E-state index contributed by atoms with van der Waals surface area (Å²) in [6.45, 7) is 2.31. The van der Waals surface area contributed by atoms with Crippen LogP contribution < -0.4 is 15.6 Å². The molecule has 0 aliphatic carbocycles. The van der Waals surface area contributed by atoms with Gasteiger partial charge < -0.3 is 10.1 Å². The first-order valence-corrected chi connectivity index (χ1v) is 10.0. The fourth-order valence-electron chi connectivity index (χ4n) is 2.89. The molecule has 0 radical (unpaired) electrons. The molecule has 6 nitrogen and oxygen atoms in total. The lowest BCUT2D eigenvalue weighted by molar-refractivity contribution is -0.116. The highest BCUT2D eigenvalue weighted by molar-refractivity contribution is 9.10. The van der Waals surface area contributed by atoms with Gasteiger partial charge >= 0.3 is 0 Å². The summed E-state index contributed by atoms with van der Waals surface area (Å²) >= 11 is 3.41. The highest BCUT2D eigenvalue weighted by atomic mass is 79.9. The zero-order valence-corrected chi connectivity index (χ0v) is 17.9. The van der Waals surface area contributed by atoms with Crippen molar-refractivity contribution in [2.45, 2.75) is 26.3 Å². The average molecular weight is 456 g/mol. The number of hydrogen-bond donors (Lipinski definition) is 1. The van der Waals surface area contributed by atoms with Crippen molar-refractivity contribution in [3.63, 3.8) is 0 Å². The van der Waals surface area contributed by atoms with Crippen LogP contribution in [0.5, 0.6) is 5.75 Å². The second-order valence-corrected chi connectivity index (χ2v) is 7.54. The number of hydrogen-bond acceptors (Lipinski definition) is 4. The molecule has 3 aromatic rings. The number of halogens is 1. The van der Waals surface area contributed by atoms with Crippen LogP contribution >= 0.6 is 15.9 Å². The van der Waals surface area contributed by atoms with E-state index in [0.717, 1.165) is 27.0 Å². The number of nitrogens with zero attached hydrogens (tertiary/aromatic N) is 2. The second-order valence-electron chi connectivity index (χ2n) is 6.62. The number of methoxy groups -OCH3 is 1. The van der Waals surface area contributed by atoms with Crippen molar-refractivity contribution >= 4 is 27.5 Å². The van der Waals surface area contributed by atoms with Gasteiger partial charge in [0.1, 0.15) is 5.75 Å². The molecule has 3 rings (SSSR count). The van der Waals surface area contributed by atoms with Gasteiger partial charge in [-0.05, 0) is 67.4 Å². The number of aromatic nitrogens is 2. The molecule has 0 aliphatic heterocycles. The Kier molecular flexibility index (Phi) is 6.82. The largest absolute Gasteiger partial charge is 0.497 e. The third kappa shape index (κ3) is 5.54. The number of carbonyl (C=O) groups excluding carboxylic acids is 1. The molecule has 150 valence electrons. The van der Waals surface area contributed by atoms with E-state index in [0.29, 0.717) is 25.1 Å². The molecule has 7 heteroatoms. The fourth-order valence-corrected chi connectivity index (χ4v) is 3.37. The lowest BCUT2D eigenvalue weighted by Gasteiger charge is -2.10. The number of nitrogens with one attached hydrogen (secondary N) is 1. The van der Waals surface area contributed by atoms with Crippen LogP contribution in [-0.4, -0.2) is 22.8 Å². The van der Waals surface area contributed by atoms with Crippen LogP contribution in [0.25, 0.3) is 11.3 Å². The number of benzene rings is 2. The first kappa shape index (κ1) is 20.8. The highest BCUT2D eigenvalue weighted by Gasteiger charge is 2.08. The summed E-state index contributed by atoms with van der Waals surface area (Å²) in [6, 6.07) is 16.4. The van der Waals surface area contributed by atoms with Crippen molar-refractivity contribution in [3.05, 3.63) is 75.0 Å². The fraction of sp³-hybridized carbons (Fsp3) is 0.227. The van der Waals surface area contributed by atoms with Gasteiger partial charge in [-0.1, -0.05) is 15.9 Å². The molecule has 0 aliphatic rings. The zero-order valence-electron chi connectivity index (χ0n) is 16.3. The number of ether oxygens (including phenoxy) is 1. The van der Waals surface area contributed by atoms with Gasteiger partial charge in [-0.15, -0.1) is 0 Å². The number of aryl methyl sites for hydroxylation is 2. The van der Waals surface area contributed by atoms with E-state index in [1.165, 1.54) is 10.7 Å². The smallest absolute Gasteiger partial charge is 0.266 e. The molecule has 0 spiro atoms. The van der Waals surface area contributed by atoms with Gasteiger partial charge in [-0.3, -0.25) is 9.59 Å². The van der Waals surface area contributed by atoms with Gasteiger partial charge in [-0.2, -0.15) is 5.10 Å². The minimum atomic E-state index is -0.188. The Morgan fingerprint density at radius 1 is 1.14 bits per heavy atom. The maximum absolute atomic E-state index is 12.2. The van der Waals surface area contributed by atoms with Gasteiger partial charge in [0.05, 0.1) is 12.8 Å². The van der Waals surface area contributed by atoms with Gasteiger partial charge in [0.15, 0.2) is 0 Å². The predicted molar refractivity (Wildman–Crippen MR) is 117 cm³/mol. The Morgan fingerprint density at radius 2 is 1.90 bits per heavy atom. The second kappa shape index (κ2) is 9.52. The van der Waals surface area contributed by atoms with E-state index in [1.54, 1.807) is 13.2 Å². The number of rotatable bonds is 7. The highest BCUT2D eigenvalue weighted by Crippen LogP contribution is 2.21. The minimum absolute atomic E-state index is 0.0882. The first-order chi connectivity index (χ1) is 14.0. The van der Waals surface area contributed by atoms with E-state index < -0.39 is 0 Å². The molecule has 1 aromatic heterocycles. The Morgan fingerprint density at radius 3 is 2.59 bits per heavy atom. The molecule has 0 saturated heterocycles. The maximum atomic E-state index is 12.2. The predicted octanol–water partition coefficient (Wildman–Crippen LogP) is 4.41. The van der Waals surface area contributed by atoms with Crippen molar-refractivity contribution in [1.82, 2.24) is 9.78 Å². The van der Waals surface area contributed by atoms with Crippen molar-refractivity contribution in [1.29, 1.82) is 0 Å². The molecule has 29 heavy (non-hydrogen) atoms. The number of carbonyl (C=O) groups is 1. The summed E-state index contributed by atoms with van der Waals surface area (Å²) in [7, 11) is 1.61. The third-order valence-corrected chi connectivity index (χ3v) is 4.98. The molecule has 1 N–H and O–H groups in total. The lowest BCUT2D eigenvalue weighted by atomic mass is 10.1. The molecule has 1 amide bonds. The monoisotopic (exact) mass is 455 g/mol. The molecular weight excluding hydrogens is 434 g/mol. The Labute approximate surface area is 177 Å². The lowest BCUT2D eigenvalue weighted by Crippen LogP contribution is -2.23. The normalized spacial score (nSPS) is 10.6. The molecule has 0 bridgehead atoms. The van der Waals surface area contributed by atoms with Crippen molar-refractivity contribution in [2.24, 2.45) is 0 Å². The van der Waals surface area contributed by atoms with Crippen LogP contribution in [0.15, 0.2) is 63.9 Å². The topological polar surface area (TPSA) is 73.2 Å². The molecular formula is C22H22BrN3O3. The summed E-state index contributed by atoms with van der Waals surface area (Å²) in [6.07, 6.45) is 0.816. The van der Waals surface area contributed by atoms with E-state index >= 15 is 0 Å². The molecule has 0 unspecified atom stereocenters. The van der Waals surface area contributed by atoms with Gasteiger partial charge in [0.25, 0.3) is 5.56 Å². The van der Waals surface area contributed by atoms with E-state index in [-0.39, 0.29) is 11.5 Å². The number of amides is 1. The van der Waals surface area contributed by atoms with Crippen LogP contribution in [0.3, 0.4) is 0 Å². The SMILES string of the molecule is COc1ccc(-c2ccc(=O)n(CCCC(=O)Nc3ccc(Br)cc3C)n2)cc1. The quantitative estimate of drug-likeness (QED) is 0.572. The van der Waals surface area contributed by atoms with E-state index in [1.807, 2.05) is 49.4 Å². The molecule has 0 saturated carbocycles. The first-order valence-electron chi connectivity index (χ1n) is 9.25. The van der Waals surface area contributed by atoms with E-state index in [4.69, 9.17) is 4.74 Å². The van der Waals surface area contributed by atoms with Crippen molar-refractivity contribution in [3.8, 4) is 17.0 Å². The maximum Gasteiger partial charge on any atom is 0.266 e. The summed E-state index contributed by atoms with van der Waals surface area (Å²) < 4.78 is 7.53. The standard InChI is InChI=1S/C22H22BrN3O3/c1-15-14-17(23)7-10-19(15)24-21(27)4-3-13-26-22(28)12-11-20(25-26)16-5-8-18(29-2)9-6-16/h5-12,14H,3-4,13H2,1-2H3,(H,24,27). The third-order valence-electron chi connectivity index (χ3n) is 4.49. The van der Waals surface area contributed by atoms with E-state index in [2.05, 4.69) is 26.3 Å². The summed E-state index contributed by atoms with van der Waals surface area (Å²) in [5.74, 6) is 0.670.